The largest absolute Gasteiger partial charge is 0.416 e. The molecule has 0 saturated carbocycles. The van der Waals surface area contributed by atoms with Crippen LogP contribution in [-0.4, -0.2) is 50.5 Å². The Kier molecular flexibility index (Phi) is 7.65. The van der Waals surface area contributed by atoms with E-state index in [-0.39, 0.29) is 5.92 Å². The van der Waals surface area contributed by atoms with Crippen LogP contribution in [-0.2, 0) is 41.8 Å². The smallest absolute Gasteiger partial charge is 0.318 e. The topological polar surface area (TPSA) is 49.4 Å². The number of hydrogen-bond donors (Lipinski definition) is 1. The van der Waals surface area contributed by atoms with Crippen LogP contribution in [0, 0.1) is 5.92 Å². The molecule has 2 aromatic carbocycles. The lowest BCUT2D eigenvalue weighted by molar-refractivity contribution is -0.137. The van der Waals surface area contributed by atoms with E-state index in [2.05, 4.69) is 16.3 Å². The summed E-state index contributed by atoms with van der Waals surface area (Å²) in [5.41, 5.74) is 3.97. The molecule has 1 aliphatic heterocycles. The van der Waals surface area contributed by atoms with E-state index in [0.29, 0.717) is 43.5 Å². The lowest BCUT2D eigenvalue weighted by Crippen LogP contribution is -2.38. The van der Waals surface area contributed by atoms with Crippen LogP contribution in [0.15, 0.2) is 36.4 Å². The molecule has 0 radical (unpaired) electrons. The fourth-order valence-electron chi connectivity index (χ4n) is 5.34. The molecule has 1 heterocycles. The summed E-state index contributed by atoms with van der Waals surface area (Å²) in [5.74, 6) is 0.0150. The molecule has 192 valence electrons. The summed E-state index contributed by atoms with van der Waals surface area (Å²) in [5, 5.41) is 2.05. The third-order valence-corrected chi connectivity index (χ3v) is 10.3. The van der Waals surface area contributed by atoms with Crippen LogP contribution in [0.25, 0.3) is 0 Å². The van der Waals surface area contributed by atoms with Gasteiger partial charge in [-0.05, 0) is 106 Å². The standard InChI is InChI=1S/C27H35F3N2O2S/c1-18(16-31-3)35(33,34)19(2)24-14-23-6-5-20(11-25(23)15-24)9-21-10-22(17-32-7-4-8-32)13-26(12-21)27(28,29)30/h5-6,10-13,18-19,24,31H,4,7-9,14-17H2,1-3H3/t18?,19-,24?/m0/s1. The lowest BCUT2D eigenvalue weighted by atomic mass is 9.97. The number of fused-ring (bicyclic) bond motifs is 1. The maximum atomic E-state index is 13.6. The molecule has 0 amide bonds. The van der Waals surface area contributed by atoms with E-state index in [0.717, 1.165) is 36.2 Å². The van der Waals surface area contributed by atoms with E-state index in [1.165, 1.54) is 12.1 Å². The quantitative estimate of drug-likeness (QED) is 0.537. The van der Waals surface area contributed by atoms with Crippen molar-refractivity contribution in [2.45, 2.75) is 62.8 Å². The minimum Gasteiger partial charge on any atom is -0.318 e. The normalized spacial score (nSPS) is 20.3. The van der Waals surface area contributed by atoms with Crippen LogP contribution in [0.5, 0.6) is 0 Å². The third-order valence-electron chi connectivity index (χ3n) is 7.61. The predicted molar refractivity (Wildman–Crippen MR) is 133 cm³/mol. The van der Waals surface area contributed by atoms with Gasteiger partial charge in [-0.3, -0.25) is 4.90 Å². The zero-order chi connectivity index (χ0) is 25.4. The van der Waals surface area contributed by atoms with Gasteiger partial charge in [0.05, 0.1) is 16.1 Å². The van der Waals surface area contributed by atoms with Crippen molar-refractivity contribution in [3.63, 3.8) is 0 Å². The highest BCUT2D eigenvalue weighted by molar-refractivity contribution is 7.92. The second-order valence-corrected chi connectivity index (χ2v) is 13.0. The zero-order valence-electron chi connectivity index (χ0n) is 20.7. The number of likely N-dealkylation sites (tertiary alicyclic amines) is 1. The molecule has 2 aromatic rings. The van der Waals surface area contributed by atoms with Crippen molar-refractivity contribution in [2.24, 2.45) is 5.92 Å². The molecule has 1 fully saturated rings. The number of hydrogen-bond acceptors (Lipinski definition) is 4. The SMILES string of the molecule is CNCC(C)S(=O)(=O)[C@@H](C)C1Cc2ccc(Cc3cc(CN4CCC4)cc(C(F)(F)F)c3)cc2C1. The van der Waals surface area contributed by atoms with Gasteiger partial charge < -0.3 is 5.32 Å². The third kappa shape index (κ3) is 5.92. The van der Waals surface area contributed by atoms with Gasteiger partial charge in [-0.25, -0.2) is 8.42 Å². The molecule has 1 saturated heterocycles. The maximum absolute atomic E-state index is 13.6. The summed E-state index contributed by atoms with van der Waals surface area (Å²) in [6, 6.07) is 10.5. The van der Waals surface area contributed by atoms with E-state index in [1.54, 1.807) is 20.9 Å². The van der Waals surface area contributed by atoms with Gasteiger partial charge in [0.2, 0.25) is 0 Å². The van der Waals surface area contributed by atoms with Gasteiger partial charge in [-0.1, -0.05) is 24.3 Å². The number of benzene rings is 2. The highest BCUT2D eigenvalue weighted by Crippen LogP contribution is 2.35. The molecule has 4 nitrogen and oxygen atoms in total. The van der Waals surface area contributed by atoms with Gasteiger partial charge in [0.1, 0.15) is 0 Å². The molecule has 0 aromatic heterocycles. The number of nitrogens with one attached hydrogen (secondary N) is 1. The van der Waals surface area contributed by atoms with E-state index in [1.807, 2.05) is 18.2 Å². The molecule has 2 aliphatic rings. The second kappa shape index (κ2) is 10.2. The molecule has 0 bridgehead atoms. The fourth-order valence-corrected chi connectivity index (χ4v) is 7.20. The van der Waals surface area contributed by atoms with Crippen LogP contribution >= 0.6 is 0 Å². The summed E-state index contributed by atoms with van der Waals surface area (Å²) >= 11 is 0. The van der Waals surface area contributed by atoms with Gasteiger partial charge in [0.25, 0.3) is 0 Å². The zero-order valence-corrected chi connectivity index (χ0v) is 21.5. The van der Waals surface area contributed by atoms with E-state index >= 15 is 0 Å². The summed E-state index contributed by atoms with van der Waals surface area (Å²) in [7, 11) is -1.51. The Labute approximate surface area is 206 Å². The average Bonchev–Trinajstić information content (AvgIpc) is 3.18. The van der Waals surface area contributed by atoms with Crippen LogP contribution < -0.4 is 5.32 Å². The molecule has 1 N–H and O–H groups in total. The summed E-state index contributed by atoms with van der Waals surface area (Å²) in [6.07, 6.45) is -1.47. The van der Waals surface area contributed by atoms with Crippen molar-refractivity contribution >= 4 is 9.84 Å². The fraction of sp³-hybridized carbons (Fsp3) is 0.556. The Morgan fingerprint density at radius 3 is 2.31 bits per heavy atom. The highest BCUT2D eigenvalue weighted by Gasteiger charge is 2.37. The first kappa shape index (κ1) is 26.2. The first-order valence-corrected chi connectivity index (χ1v) is 14.0. The molecule has 1 aliphatic carbocycles. The maximum Gasteiger partial charge on any atom is 0.416 e. The van der Waals surface area contributed by atoms with Gasteiger partial charge in [0, 0.05) is 13.1 Å². The highest BCUT2D eigenvalue weighted by atomic mass is 32.2. The van der Waals surface area contributed by atoms with Crippen molar-refractivity contribution in [1.29, 1.82) is 0 Å². The van der Waals surface area contributed by atoms with Crippen LogP contribution in [0.4, 0.5) is 13.2 Å². The minimum atomic E-state index is -4.38. The first-order valence-electron chi connectivity index (χ1n) is 12.4. The van der Waals surface area contributed by atoms with Gasteiger partial charge >= 0.3 is 6.18 Å². The molecule has 35 heavy (non-hydrogen) atoms. The lowest BCUT2D eigenvalue weighted by Gasteiger charge is -2.31. The van der Waals surface area contributed by atoms with E-state index in [4.69, 9.17) is 0 Å². The van der Waals surface area contributed by atoms with Crippen molar-refractivity contribution in [1.82, 2.24) is 10.2 Å². The Morgan fingerprint density at radius 2 is 1.69 bits per heavy atom. The number of alkyl halides is 3. The molecular formula is C27H35F3N2O2S. The Balaban J connectivity index is 1.51. The van der Waals surface area contributed by atoms with Gasteiger partial charge in [0.15, 0.2) is 9.84 Å². The molecule has 3 atom stereocenters. The summed E-state index contributed by atoms with van der Waals surface area (Å²) in [6.45, 7) is 6.38. The monoisotopic (exact) mass is 508 g/mol. The van der Waals surface area contributed by atoms with Gasteiger partial charge in [-0.2, -0.15) is 13.2 Å². The van der Waals surface area contributed by atoms with Crippen molar-refractivity contribution < 1.29 is 21.6 Å². The van der Waals surface area contributed by atoms with E-state index in [9.17, 15) is 21.6 Å². The van der Waals surface area contributed by atoms with Crippen molar-refractivity contribution in [3.8, 4) is 0 Å². The molecular weight excluding hydrogens is 473 g/mol. The molecule has 2 unspecified atom stereocenters. The molecule has 0 spiro atoms. The Morgan fingerprint density at radius 1 is 1.00 bits per heavy atom. The predicted octanol–water partition coefficient (Wildman–Crippen LogP) is 4.63. The average molecular weight is 509 g/mol. The van der Waals surface area contributed by atoms with Crippen LogP contribution in [0.2, 0.25) is 0 Å². The van der Waals surface area contributed by atoms with Crippen molar-refractivity contribution in [3.05, 3.63) is 69.8 Å². The summed E-state index contributed by atoms with van der Waals surface area (Å²) in [4.78, 5) is 2.15. The minimum absolute atomic E-state index is 0.0150. The molecule has 4 rings (SSSR count). The van der Waals surface area contributed by atoms with E-state index < -0.39 is 32.1 Å². The summed E-state index contributed by atoms with van der Waals surface area (Å²) < 4.78 is 66.6. The van der Waals surface area contributed by atoms with Crippen LogP contribution in [0.1, 0.15) is 53.6 Å². The second-order valence-electron chi connectivity index (χ2n) is 10.3. The number of rotatable bonds is 9. The Bertz CT molecular complexity index is 1160. The number of sulfone groups is 1. The first-order chi connectivity index (χ1) is 16.5. The Hall–Kier alpha value is -1.90. The van der Waals surface area contributed by atoms with Crippen molar-refractivity contribution in [2.75, 3.05) is 26.7 Å². The van der Waals surface area contributed by atoms with Crippen LogP contribution in [0.3, 0.4) is 0 Å². The number of nitrogens with zero attached hydrogens (tertiary/aromatic N) is 1. The molecule has 8 heteroatoms. The van der Waals surface area contributed by atoms with Gasteiger partial charge in [-0.15, -0.1) is 0 Å². The number of halogens is 3.